The monoisotopic (exact) mass is 561 g/mol. The van der Waals surface area contributed by atoms with Crippen molar-refractivity contribution in [3.8, 4) is 0 Å². The third kappa shape index (κ3) is 7.98. The van der Waals surface area contributed by atoms with Crippen LogP contribution in [-0.4, -0.2) is 63.8 Å². The molecule has 1 aliphatic heterocycles. The van der Waals surface area contributed by atoms with Crippen molar-refractivity contribution in [2.24, 2.45) is 12.0 Å². The van der Waals surface area contributed by atoms with E-state index in [4.69, 9.17) is 9.41 Å². The van der Waals surface area contributed by atoms with E-state index in [9.17, 15) is 0 Å². The number of aromatic nitrogens is 3. The molecule has 1 fully saturated rings. The van der Waals surface area contributed by atoms with E-state index >= 15 is 0 Å². The minimum Gasteiger partial charge on any atom is -0.468 e. The van der Waals surface area contributed by atoms with E-state index in [2.05, 4.69) is 38.1 Å². The number of furan rings is 1. The van der Waals surface area contributed by atoms with Crippen LogP contribution in [-0.2, 0) is 13.6 Å². The Hall–Kier alpha value is -1.27. The van der Waals surface area contributed by atoms with Crippen LogP contribution < -0.4 is 10.6 Å². The Kier molecular flexibility index (Phi) is 11.7. The lowest BCUT2D eigenvalue weighted by Crippen LogP contribution is -2.44. The summed E-state index contributed by atoms with van der Waals surface area (Å²) in [5.74, 6) is 4.70. The number of aliphatic imine (C=N–C) groups is 1. The zero-order chi connectivity index (χ0) is 21.2. The minimum absolute atomic E-state index is 0. The second kappa shape index (κ2) is 14.0. The fraction of sp³-hybridized carbons (Fsp3) is 0.667. The third-order valence-corrected chi connectivity index (χ3v) is 6.24. The maximum Gasteiger partial charge on any atom is 0.191 e. The first-order valence-corrected chi connectivity index (χ1v) is 12.2. The number of nitrogens with zero attached hydrogens (tertiary/aromatic N) is 5. The number of aryl methyl sites for hydroxylation is 1. The third-order valence-electron chi connectivity index (χ3n) is 5.54. The van der Waals surface area contributed by atoms with Gasteiger partial charge in [-0.3, -0.25) is 4.90 Å². The van der Waals surface area contributed by atoms with Crippen molar-refractivity contribution >= 4 is 41.7 Å². The van der Waals surface area contributed by atoms with Crippen LogP contribution in [0.5, 0.6) is 0 Å². The van der Waals surface area contributed by atoms with Gasteiger partial charge in [-0.2, -0.15) is 11.8 Å². The van der Waals surface area contributed by atoms with Crippen molar-refractivity contribution in [2.45, 2.75) is 45.2 Å². The maximum atomic E-state index is 5.78. The molecule has 31 heavy (non-hydrogen) atoms. The molecule has 0 spiro atoms. The number of halogens is 1. The second-order valence-electron chi connectivity index (χ2n) is 7.67. The molecule has 174 valence electrons. The van der Waals surface area contributed by atoms with Crippen LogP contribution in [0.4, 0.5) is 0 Å². The Morgan fingerprint density at radius 2 is 2.06 bits per heavy atom. The summed E-state index contributed by atoms with van der Waals surface area (Å²) in [5, 5.41) is 15.4. The zero-order valence-corrected chi connectivity index (χ0v) is 22.0. The molecular weight excluding hydrogens is 525 g/mol. The predicted octanol–water partition coefficient (Wildman–Crippen LogP) is 3.35. The van der Waals surface area contributed by atoms with Gasteiger partial charge in [0.15, 0.2) is 11.8 Å². The summed E-state index contributed by atoms with van der Waals surface area (Å²) in [6, 6.07) is 4.25. The normalized spacial score (nSPS) is 16.0. The molecule has 2 N–H and O–H groups in total. The van der Waals surface area contributed by atoms with Gasteiger partial charge in [-0.1, -0.05) is 6.42 Å². The largest absolute Gasteiger partial charge is 0.468 e. The molecule has 1 unspecified atom stereocenters. The van der Waals surface area contributed by atoms with Crippen LogP contribution in [0, 0.1) is 6.92 Å². The lowest BCUT2D eigenvalue weighted by atomic mass is 10.1. The summed E-state index contributed by atoms with van der Waals surface area (Å²) in [6.07, 6.45) is 8.80. The van der Waals surface area contributed by atoms with E-state index in [1.807, 2.05) is 36.4 Å². The van der Waals surface area contributed by atoms with E-state index < -0.39 is 0 Å². The molecular formula is C21H36IN7OS. The molecule has 8 nitrogen and oxygen atoms in total. The lowest BCUT2D eigenvalue weighted by Gasteiger charge is -2.33. The van der Waals surface area contributed by atoms with Crippen LogP contribution in [0.1, 0.15) is 49.1 Å². The number of likely N-dealkylation sites (tertiary alicyclic amines) is 1. The molecule has 1 saturated heterocycles. The quantitative estimate of drug-likeness (QED) is 0.199. The molecule has 2 aromatic heterocycles. The smallest absolute Gasteiger partial charge is 0.191 e. The highest BCUT2D eigenvalue weighted by molar-refractivity contribution is 14.0. The van der Waals surface area contributed by atoms with Gasteiger partial charge >= 0.3 is 0 Å². The zero-order valence-electron chi connectivity index (χ0n) is 18.8. The van der Waals surface area contributed by atoms with Crippen molar-refractivity contribution in [2.75, 3.05) is 38.2 Å². The first-order valence-electron chi connectivity index (χ1n) is 10.8. The Morgan fingerprint density at radius 1 is 1.26 bits per heavy atom. The molecule has 0 bridgehead atoms. The fourth-order valence-electron chi connectivity index (χ4n) is 3.65. The molecule has 1 atom stereocenters. The standard InChI is InChI=1S/C21H35N7OS.HI/c1-17-25-26-20(27(17)2)16-24-21(22-10-8-14-30-3)23-15-18(19-9-7-13-29-19)28-11-5-4-6-12-28;/h7,9,13,18H,4-6,8,10-12,14-16H2,1-3H3,(H2,22,23,24);1H. The topological polar surface area (TPSA) is 83.5 Å². The molecule has 0 saturated carbocycles. The molecule has 0 aliphatic carbocycles. The van der Waals surface area contributed by atoms with E-state index in [0.717, 1.165) is 61.7 Å². The summed E-state index contributed by atoms with van der Waals surface area (Å²) in [4.78, 5) is 7.30. The summed E-state index contributed by atoms with van der Waals surface area (Å²) < 4.78 is 7.76. The SMILES string of the molecule is CSCCCNC(=NCc1nnc(C)n1C)NCC(c1ccco1)N1CCCCC1.I. The van der Waals surface area contributed by atoms with Crippen LogP contribution in [0.25, 0.3) is 0 Å². The van der Waals surface area contributed by atoms with Gasteiger partial charge in [-0.05, 0) is 63.4 Å². The number of thioether (sulfide) groups is 1. The maximum absolute atomic E-state index is 5.78. The van der Waals surface area contributed by atoms with Gasteiger partial charge in [0.2, 0.25) is 0 Å². The molecule has 3 heterocycles. The van der Waals surface area contributed by atoms with Gasteiger partial charge in [0, 0.05) is 20.1 Å². The molecule has 0 amide bonds. The Morgan fingerprint density at radius 3 is 2.71 bits per heavy atom. The lowest BCUT2D eigenvalue weighted by molar-refractivity contribution is 0.146. The summed E-state index contributed by atoms with van der Waals surface area (Å²) in [6.45, 7) is 6.30. The average molecular weight is 562 g/mol. The van der Waals surface area contributed by atoms with Gasteiger partial charge in [-0.15, -0.1) is 34.2 Å². The first kappa shape index (κ1) is 26.0. The first-order chi connectivity index (χ1) is 14.7. The Bertz CT molecular complexity index is 775. The van der Waals surface area contributed by atoms with Crippen LogP contribution in [0.15, 0.2) is 27.8 Å². The van der Waals surface area contributed by atoms with Crippen LogP contribution in [0.2, 0.25) is 0 Å². The highest BCUT2D eigenvalue weighted by Gasteiger charge is 2.24. The van der Waals surface area contributed by atoms with Crippen LogP contribution >= 0.6 is 35.7 Å². The van der Waals surface area contributed by atoms with Crippen molar-refractivity contribution in [3.05, 3.63) is 35.8 Å². The predicted molar refractivity (Wildman–Crippen MR) is 138 cm³/mol. The molecule has 0 aromatic carbocycles. The van der Waals surface area contributed by atoms with E-state index in [0.29, 0.717) is 6.54 Å². The molecule has 0 radical (unpaired) electrons. The number of rotatable bonds is 10. The summed E-state index contributed by atoms with van der Waals surface area (Å²) in [5.41, 5.74) is 0. The molecule has 10 heteroatoms. The highest BCUT2D eigenvalue weighted by atomic mass is 127. The molecule has 2 aromatic rings. The van der Waals surface area contributed by atoms with Gasteiger partial charge in [0.1, 0.15) is 18.1 Å². The Labute approximate surface area is 207 Å². The van der Waals surface area contributed by atoms with E-state index in [1.165, 1.54) is 19.3 Å². The summed E-state index contributed by atoms with van der Waals surface area (Å²) in [7, 11) is 1.97. The van der Waals surface area contributed by atoms with Gasteiger partial charge in [0.05, 0.1) is 12.3 Å². The number of hydrogen-bond acceptors (Lipinski definition) is 6. The molecule has 3 rings (SSSR count). The van der Waals surface area contributed by atoms with Crippen molar-refractivity contribution in [1.29, 1.82) is 0 Å². The number of piperidine rings is 1. The van der Waals surface area contributed by atoms with E-state index in [-0.39, 0.29) is 30.0 Å². The molecule has 1 aliphatic rings. The van der Waals surface area contributed by atoms with Crippen molar-refractivity contribution in [3.63, 3.8) is 0 Å². The van der Waals surface area contributed by atoms with E-state index in [1.54, 1.807) is 6.26 Å². The van der Waals surface area contributed by atoms with Crippen molar-refractivity contribution < 1.29 is 4.42 Å². The summed E-state index contributed by atoms with van der Waals surface area (Å²) >= 11 is 1.86. The van der Waals surface area contributed by atoms with Gasteiger partial charge in [0.25, 0.3) is 0 Å². The second-order valence-corrected chi connectivity index (χ2v) is 8.65. The number of guanidine groups is 1. The van der Waals surface area contributed by atoms with Crippen molar-refractivity contribution in [1.82, 2.24) is 30.3 Å². The highest BCUT2D eigenvalue weighted by Crippen LogP contribution is 2.24. The van der Waals surface area contributed by atoms with Crippen LogP contribution in [0.3, 0.4) is 0 Å². The number of hydrogen-bond donors (Lipinski definition) is 2. The minimum atomic E-state index is 0. The average Bonchev–Trinajstić information content (AvgIpc) is 3.41. The Balaban J connectivity index is 0.00000341. The fourth-order valence-corrected chi connectivity index (χ4v) is 4.08. The van der Waals surface area contributed by atoms with Gasteiger partial charge in [-0.25, -0.2) is 4.99 Å². The van der Waals surface area contributed by atoms with Gasteiger partial charge < -0.3 is 19.6 Å². The number of nitrogens with one attached hydrogen (secondary N) is 2.